The van der Waals surface area contributed by atoms with Gasteiger partial charge in [0.1, 0.15) is 5.82 Å². The lowest BCUT2D eigenvalue weighted by Gasteiger charge is -2.06. The van der Waals surface area contributed by atoms with Crippen molar-refractivity contribution in [2.45, 2.75) is 13.8 Å². The molecule has 88 valence electrons. The molecule has 2 aromatic rings. The lowest BCUT2D eigenvalue weighted by molar-refractivity contribution is 0.0683. The second kappa shape index (κ2) is 4.18. The molecule has 1 heterocycles. The molecule has 0 radical (unpaired) electrons. The van der Waals surface area contributed by atoms with Gasteiger partial charge in [0.2, 0.25) is 0 Å². The lowest BCUT2D eigenvalue weighted by atomic mass is 10.2. The van der Waals surface area contributed by atoms with Crippen molar-refractivity contribution in [1.29, 1.82) is 0 Å². The highest BCUT2D eigenvalue weighted by Crippen LogP contribution is 2.19. The van der Waals surface area contributed by atoms with Crippen LogP contribution in [0.2, 0.25) is 5.02 Å². The van der Waals surface area contributed by atoms with Crippen LogP contribution in [0.1, 0.15) is 22.0 Å². The van der Waals surface area contributed by atoms with E-state index in [1.54, 1.807) is 19.1 Å². The molecule has 6 heteroatoms. The van der Waals surface area contributed by atoms with Crippen molar-refractivity contribution < 1.29 is 9.90 Å². The third-order valence-corrected chi connectivity index (χ3v) is 2.59. The first kappa shape index (κ1) is 11.6. The zero-order chi connectivity index (χ0) is 12.6. The summed E-state index contributed by atoms with van der Waals surface area (Å²) in [7, 11) is 0. The Morgan fingerprint density at radius 2 is 2.12 bits per heavy atom. The Labute approximate surface area is 103 Å². The van der Waals surface area contributed by atoms with E-state index in [0.29, 0.717) is 10.8 Å². The quantitative estimate of drug-likeness (QED) is 0.889. The smallest absolute Gasteiger partial charge is 0.375 e. The predicted octanol–water partition coefficient (Wildman–Crippen LogP) is 2.24. The summed E-state index contributed by atoms with van der Waals surface area (Å²) < 4.78 is 1.48. The normalized spacial score (nSPS) is 10.5. The van der Waals surface area contributed by atoms with Gasteiger partial charge in [-0.05, 0) is 31.5 Å². The third-order valence-electron chi connectivity index (χ3n) is 2.36. The number of aromatic nitrogens is 3. The van der Waals surface area contributed by atoms with Crippen LogP contribution >= 0.6 is 11.6 Å². The molecule has 2 rings (SSSR count). The van der Waals surface area contributed by atoms with E-state index in [1.165, 1.54) is 4.68 Å². The number of carboxylic acids is 1. The highest BCUT2D eigenvalue weighted by molar-refractivity contribution is 6.30. The molecule has 0 amide bonds. The SMILES string of the molecule is Cc1ccc(Cl)cc1-n1nc(C(=O)O)nc1C. The molecule has 1 N–H and O–H groups in total. The number of hydrogen-bond donors (Lipinski definition) is 1. The largest absolute Gasteiger partial charge is 0.475 e. The molecule has 17 heavy (non-hydrogen) atoms. The van der Waals surface area contributed by atoms with Crippen molar-refractivity contribution in [3.05, 3.63) is 40.4 Å². The van der Waals surface area contributed by atoms with Gasteiger partial charge in [0.25, 0.3) is 5.82 Å². The number of carbonyl (C=O) groups is 1. The zero-order valence-electron chi connectivity index (χ0n) is 9.31. The van der Waals surface area contributed by atoms with Crippen LogP contribution in [0.5, 0.6) is 0 Å². The number of aryl methyl sites for hydroxylation is 2. The van der Waals surface area contributed by atoms with E-state index in [-0.39, 0.29) is 5.82 Å². The summed E-state index contributed by atoms with van der Waals surface area (Å²) in [6, 6.07) is 5.34. The number of nitrogens with zero attached hydrogens (tertiary/aromatic N) is 3. The second-order valence-corrected chi connectivity index (χ2v) is 4.07. The van der Waals surface area contributed by atoms with Crippen LogP contribution in [0.4, 0.5) is 0 Å². The van der Waals surface area contributed by atoms with Crippen molar-refractivity contribution in [2.24, 2.45) is 0 Å². The van der Waals surface area contributed by atoms with Crippen LogP contribution in [0.15, 0.2) is 18.2 Å². The van der Waals surface area contributed by atoms with Gasteiger partial charge in [-0.2, -0.15) is 0 Å². The predicted molar refractivity (Wildman–Crippen MR) is 62.8 cm³/mol. The van der Waals surface area contributed by atoms with Crippen LogP contribution < -0.4 is 0 Å². The number of rotatable bonds is 2. The molecule has 0 aliphatic carbocycles. The molecule has 0 spiro atoms. The lowest BCUT2D eigenvalue weighted by Crippen LogP contribution is -2.03. The van der Waals surface area contributed by atoms with E-state index in [0.717, 1.165) is 11.3 Å². The van der Waals surface area contributed by atoms with Crippen molar-refractivity contribution in [3.8, 4) is 5.69 Å². The van der Waals surface area contributed by atoms with Gasteiger partial charge in [-0.15, -0.1) is 5.10 Å². The van der Waals surface area contributed by atoms with E-state index >= 15 is 0 Å². The van der Waals surface area contributed by atoms with Gasteiger partial charge in [-0.1, -0.05) is 17.7 Å². The minimum Gasteiger partial charge on any atom is -0.475 e. The Bertz CT molecular complexity index is 592. The summed E-state index contributed by atoms with van der Waals surface area (Å²) in [6.45, 7) is 3.59. The monoisotopic (exact) mass is 251 g/mol. The van der Waals surface area contributed by atoms with Crippen molar-refractivity contribution in [2.75, 3.05) is 0 Å². The zero-order valence-corrected chi connectivity index (χ0v) is 10.1. The summed E-state index contributed by atoms with van der Waals surface area (Å²) in [6.07, 6.45) is 0. The molecule has 0 aliphatic heterocycles. The fourth-order valence-corrected chi connectivity index (χ4v) is 1.69. The average Bonchev–Trinajstić information content (AvgIpc) is 2.64. The molecule has 0 bridgehead atoms. The van der Waals surface area contributed by atoms with Gasteiger partial charge in [0, 0.05) is 5.02 Å². The number of benzene rings is 1. The highest BCUT2D eigenvalue weighted by Gasteiger charge is 2.14. The Morgan fingerprint density at radius 3 is 2.71 bits per heavy atom. The van der Waals surface area contributed by atoms with Crippen molar-refractivity contribution in [1.82, 2.24) is 14.8 Å². The Morgan fingerprint density at radius 1 is 1.41 bits per heavy atom. The topological polar surface area (TPSA) is 68.0 Å². The Kier molecular flexibility index (Phi) is 2.85. The van der Waals surface area contributed by atoms with Gasteiger partial charge in [0.15, 0.2) is 0 Å². The van der Waals surface area contributed by atoms with Gasteiger partial charge in [0.05, 0.1) is 5.69 Å². The maximum atomic E-state index is 10.8. The highest BCUT2D eigenvalue weighted by atomic mass is 35.5. The molecule has 0 fully saturated rings. The minimum atomic E-state index is -1.15. The van der Waals surface area contributed by atoms with E-state index in [4.69, 9.17) is 16.7 Å². The van der Waals surface area contributed by atoms with E-state index in [9.17, 15) is 4.79 Å². The van der Waals surface area contributed by atoms with Crippen molar-refractivity contribution in [3.63, 3.8) is 0 Å². The molecule has 1 aromatic heterocycles. The molecule has 0 saturated heterocycles. The van der Waals surface area contributed by atoms with E-state index in [1.807, 2.05) is 13.0 Å². The molecule has 0 unspecified atom stereocenters. The fraction of sp³-hybridized carbons (Fsp3) is 0.182. The number of halogens is 1. The van der Waals surface area contributed by atoms with Gasteiger partial charge < -0.3 is 5.11 Å². The average molecular weight is 252 g/mol. The van der Waals surface area contributed by atoms with E-state index in [2.05, 4.69) is 10.1 Å². The maximum absolute atomic E-state index is 10.8. The van der Waals surface area contributed by atoms with E-state index < -0.39 is 5.97 Å². The number of aromatic carboxylic acids is 1. The van der Waals surface area contributed by atoms with Gasteiger partial charge in [-0.25, -0.2) is 14.5 Å². The standard InChI is InChI=1S/C11H10ClN3O2/c1-6-3-4-8(12)5-9(6)15-7(2)13-10(14-15)11(16)17/h3-5H,1-2H3,(H,16,17). The minimum absolute atomic E-state index is 0.220. The summed E-state index contributed by atoms with van der Waals surface area (Å²) >= 11 is 5.91. The summed E-state index contributed by atoms with van der Waals surface area (Å²) in [4.78, 5) is 14.7. The Balaban J connectivity index is 2.60. The summed E-state index contributed by atoms with van der Waals surface area (Å²) in [5.74, 6) is -0.860. The molecule has 5 nitrogen and oxygen atoms in total. The van der Waals surface area contributed by atoms with Crippen LogP contribution in [0, 0.1) is 13.8 Å². The second-order valence-electron chi connectivity index (χ2n) is 3.63. The van der Waals surface area contributed by atoms with Crippen LogP contribution in [0.3, 0.4) is 0 Å². The molecule has 0 atom stereocenters. The first-order valence-corrected chi connectivity index (χ1v) is 5.30. The Hall–Kier alpha value is -1.88. The fourth-order valence-electron chi connectivity index (χ4n) is 1.52. The van der Waals surface area contributed by atoms with Gasteiger partial charge >= 0.3 is 5.97 Å². The maximum Gasteiger partial charge on any atom is 0.375 e. The van der Waals surface area contributed by atoms with Crippen LogP contribution in [-0.2, 0) is 0 Å². The molecular weight excluding hydrogens is 242 g/mol. The first-order chi connectivity index (χ1) is 7.99. The number of hydrogen-bond acceptors (Lipinski definition) is 3. The first-order valence-electron chi connectivity index (χ1n) is 4.92. The molecule has 0 aliphatic rings. The van der Waals surface area contributed by atoms with Crippen molar-refractivity contribution >= 4 is 17.6 Å². The third kappa shape index (κ3) is 2.14. The molecule has 0 saturated carbocycles. The summed E-state index contributed by atoms with van der Waals surface area (Å²) in [5, 5.41) is 13.3. The summed E-state index contributed by atoms with van der Waals surface area (Å²) in [5.41, 5.74) is 1.68. The van der Waals surface area contributed by atoms with Crippen LogP contribution in [-0.4, -0.2) is 25.8 Å². The van der Waals surface area contributed by atoms with Gasteiger partial charge in [-0.3, -0.25) is 0 Å². The van der Waals surface area contributed by atoms with Crippen LogP contribution in [0.25, 0.3) is 5.69 Å². The number of carboxylic acid groups (broad SMARTS) is 1. The molecular formula is C11H10ClN3O2. The molecule has 1 aromatic carbocycles.